The molecule has 0 fully saturated rings. The van der Waals surface area contributed by atoms with Crippen LogP contribution in [-0.4, -0.2) is 24.6 Å². The van der Waals surface area contributed by atoms with Crippen LogP contribution in [0.15, 0.2) is 4.99 Å². The number of carbonyl (C=O) groups is 2. The van der Waals surface area contributed by atoms with Crippen molar-refractivity contribution in [2.45, 2.75) is 0 Å². The lowest BCUT2D eigenvalue weighted by Gasteiger charge is -1.96. The third-order valence-corrected chi connectivity index (χ3v) is 0.769. The minimum absolute atomic E-state index is 0.0126. The summed E-state index contributed by atoms with van der Waals surface area (Å²) in [5.41, 5.74) is 4.24. The van der Waals surface area contributed by atoms with Crippen molar-refractivity contribution in [2.24, 2.45) is 4.99 Å². The van der Waals surface area contributed by atoms with Crippen molar-refractivity contribution in [2.75, 3.05) is 6.54 Å². The molecule has 0 unspecified atom stereocenters. The molecule has 0 bridgehead atoms. The summed E-state index contributed by atoms with van der Waals surface area (Å²) in [5, 5.41) is 0. The number of amides is 2. The van der Waals surface area contributed by atoms with Crippen molar-refractivity contribution in [3.63, 3.8) is 0 Å². The van der Waals surface area contributed by atoms with Gasteiger partial charge >= 0.3 is 0 Å². The Kier molecular flexibility index (Phi) is 1.44. The molecule has 0 saturated heterocycles. The van der Waals surface area contributed by atoms with Gasteiger partial charge in [0.2, 0.25) is 0 Å². The Morgan fingerprint density at radius 2 is 2.22 bits per heavy atom. The minimum Gasteiger partial charge on any atom is -0.277 e. The van der Waals surface area contributed by atoms with Crippen LogP contribution in [0.4, 0.5) is 0 Å². The summed E-state index contributed by atoms with van der Waals surface area (Å²) in [6.45, 7) is 0.0126. The molecule has 48 valence electrons. The summed E-state index contributed by atoms with van der Waals surface area (Å²) in [7, 11) is 0. The van der Waals surface area contributed by atoms with Gasteiger partial charge in [0.25, 0.3) is 11.8 Å². The molecule has 9 heavy (non-hydrogen) atoms. The molecule has 1 heterocycles. The number of nitrogens with one attached hydrogen (secondary N) is 2. The average Bonchev–Trinajstić information content (AvgIpc) is 1.97. The lowest BCUT2D eigenvalue weighted by molar-refractivity contribution is -0.124. The van der Waals surface area contributed by atoms with Crippen LogP contribution in [0.1, 0.15) is 0 Å². The van der Waals surface area contributed by atoms with Crippen molar-refractivity contribution in [3.8, 4) is 0 Å². The van der Waals surface area contributed by atoms with Gasteiger partial charge in [-0.1, -0.05) is 0 Å². The first-order valence-electron chi connectivity index (χ1n) is 2.37. The molecular formula is C4H5N3O2. The van der Waals surface area contributed by atoms with E-state index >= 15 is 0 Å². The zero-order valence-corrected chi connectivity index (χ0v) is 4.55. The lowest BCUT2D eigenvalue weighted by Crippen LogP contribution is -2.40. The SMILES string of the molecule is O=C1C=NCC(=O)NN1. The molecule has 1 aliphatic rings. The Hall–Kier alpha value is -1.39. The molecule has 5 nitrogen and oxygen atoms in total. The maximum absolute atomic E-state index is 10.4. The van der Waals surface area contributed by atoms with Crippen LogP contribution in [0.25, 0.3) is 0 Å². The van der Waals surface area contributed by atoms with Gasteiger partial charge in [-0.15, -0.1) is 0 Å². The fraction of sp³-hybridized carbons (Fsp3) is 0.250. The molecule has 0 spiro atoms. The van der Waals surface area contributed by atoms with Gasteiger partial charge in [0.1, 0.15) is 6.54 Å². The quantitative estimate of drug-likeness (QED) is 0.403. The largest absolute Gasteiger partial charge is 0.280 e. The first-order valence-corrected chi connectivity index (χ1v) is 2.37. The molecule has 0 aromatic carbocycles. The molecule has 1 rings (SSSR count). The predicted molar refractivity (Wildman–Crippen MR) is 29.6 cm³/mol. The molecule has 2 N–H and O–H groups in total. The van der Waals surface area contributed by atoms with Crippen molar-refractivity contribution < 1.29 is 9.59 Å². The van der Waals surface area contributed by atoms with E-state index in [1.807, 2.05) is 0 Å². The average molecular weight is 127 g/mol. The number of carbonyl (C=O) groups excluding carboxylic acids is 2. The van der Waals surface area contributed by atoms with Crippen LogP contribution in [-0.2, 0) is 9.59 Å². The standard InChI is InChI=1S/C4H5N3O2/c8-3-1-5-2-4(9)7-6-3/h1H,2H2,(H,6,8)(H,7,9). The summed E-state index contributed by atoms with van der Waals surface area (Å²) in [6, 6.07) is 0. The number of hydrogen-bond donors (Lipinski definition) is 2. The number of nitrogens with zero attached hydrogens (tertiary/aromatic N) is 1. The normalized spacial score (nSPS) is 18.2. The van der Waals surface area contributed by atoms with Crippen LogP contribution in [0.5, 0.6) is 0 Å². The molecule has 5 heteroatoms. The third-order valence-electron chi connectivity index (χ3n) is 0.769. The number of hydrogen-bond acceptors (Lipinski definition) is 3. The van der Waals surface area contributed by atoms with E-state index in [2.05, 4.69) is 15.8 Å². The van der Waals surface area contributed by atoms with E-state index in [0.29, 0.717) is 0 Å². The highest BCUT2D eigenvalue weighted by molar-refractivity contribution is 6.27. The molecule has 0 radical (unpaired) electrons. The Morgan fingerprint density at radius 3 is 3.00 bits per heavy atom. The predicted octanol–water partition coefficient (Wildman–Crippen LogP) is -1.78. The minimum atomic E-state index is -0.402. The molecule has 0 aliphatic carbocycles. The summed E-state index contributed by atoms with van der Waals surface area (Å²) in [4.78, 5) is 24.2. The van der Waals surface area contributed by atoms with Crippen LogP contribution in [0.3, 0.4) is 0 Å². The first-order chi connectivity index (χ1) is 4.29. The maximum Gasteiger partial charge on any atom is 0.280 e. The molecular weight excluding hydrogens is 122 g/mol. The topological polar surface area (TPSA) is 70.6 Å². The highest BCUT2D eigenvalue weighted by atomic mass is 16.2. The van der Waals surface area contributed by atoms with E-state index in [9.17, 15) is 9.59 Å². The molecule has 1 aliphatic heterocycles. The van der Waals surface area contributed by atoms with E-state index < -0.39 is 5.91 Å². The number of hydrazine groups is 1. The van der Waals surface area contributed by atoms with Crippen molar-refractivity contribution in [1.82, 2.24) is 10.9 Å². The van der Waals surface area contributed by atoms with E-state index in [1.54, 1.807) is 0 Å². The van der Waals surface area contributed by atoms with Crippen LogP contribution >= 0.6 is 0 Å². The van der Waals surface area contributed by atoms with Gasteiger partial charge in [-0.3, -0.25) is 25.4 Å². The molecule has 0 atom stereocenters. The van der Waals surface area contributed by atoms with Gasteiger partial charge in [-0.25, -0.2) is 0 Å². The fourth-order valence-electron chi connectivity index (χ4n) is 0.415. The van der Waals surface area contributed by atoms with Gasteiger partial charge in [0.15, 0.2) is 0 Å². The molecule has 2 amide bonds. The Morgan fingerprint density at radius 1 is 1.44 bits per heavy atom. The maximum atomic E-state index is 10.4. The highest BCUT2D eigenvalue weighted by Gasteiger charge is 2.04. The van der Waals surface area contributed by atoms with Crippen LogP contribution < -0.4 is 10.9 Å². The Balaban J connectivity index is 2.58. The Labute approximate surface area is 51.1 Å². The number of rotatable bonds is 0. The first kappa shape index (κ1) is 5.74. The van der Waals surface area contributed by atoms with Gasteiger partial charge in [-0.05, 0) is 0 Å². The second kappa shape index (κ2) is 2.25. The van der Waals surface area contributed by atoms with Crippen molar-refractivity contribution >= 4 is 18.0 Å². The molecule has 0 aromatic rings. The molecule has 0 aromatic heterocycles. The van der Waals surface area contributed by atoms with Crippen LogP contribution in [0, 0.1) is 0 Å². The zero-order chi connectivity index (χ0) is 6.69. The fourth-order valence-corrected chi connectivity index (χ4v) is 0.415. The second-order valence-corrected chi connectivity index (χ2v) is 1.51. The number of aliphatic imine (C=N–C) groups is 1. The van der Waals surface area contributed by atoms with E-state index in [0.717, 1.165) is 6.21 Å². The lowest BCUT2D eigenvalue weighted by atomic mass is 10.6. The van der Waals surface area contributed by atoms with Crippen LogP contribution in [0.2, 0.25) is 0 Å². The summed E-state index contributed by atoms with van der Waals surface area (Å²) < 4.78 is 0. The Bertz CT molecular complexity index is 175. The second-order valence-electron chi connectivity index (χ2n) is 1.51. The van der Waals surface area contributed by atoms with Crippen molar-refractivity contribution in [3.05, 3.63) is 0 Å². The molecule has 0 saturated carbocycles. The van der Waals surface area contributed by atoms with Gasteiger partial charge in [0, 0.05) is 0 Å². The highest BCUT2D eigenvalue weighted by Crippen LogP contribution is 1.72. The summed E-state index contributed by atoms with van der Waals surface area (Å²) in [6.07, 6.45) is 1.07. The zero-order valence-electron chi connectivity index (χ0n) is 4.55. The third kappa shape index (κ3) is 1.52. The van der Waals surface area contributed by atoms with E-state index in [4.69, 9.17) is 0 Å². The van der Waals surface area contributed by atoms with Gasteiger partial charge < -0.3 is 0 Å². The van der Waals surface area contributed by atoms with E-state index in [1.165, 1.54) is 0 Å². The van der Waals surface area contributed by atoms with Crippen molar-refractivity contribution in [1.29, 1.82) is 0 Å². The van der Waals surface area contributed by atoms with Gasteiger partial charge in [-0.2, -0.15) is 0 Å². The smallest absolute Gasteiger partial charge is 0.277 e. The summed E-state index contributed by atoms with van der Waals surface area (Å²) in [5.74, 6) is -0.710. The monoisotopic (exact) mass is 127 g/mol. The summed E-state index contributed by atoms with van der Waals surface area (Å²) >= 11 is 0. The van der Waals surface area contributed by atoms with E-state index in [-0.39, 0.29) is 12.5 Å². The van der Waals surface area contributed by atoms with Gasteiger partial charge in [0.05, 0.1) is 6.21 Å².